The van der Waals surface area contributed by atoms with Crippen LogP contribution in [0.1, 0.15) is 35.2 Å². The Bertz CT molecular complexity index is 269. The summed E-state index contributed by atoms with van der Waals surface area (Å²) in [6.45, 7) is 1.95. The lowest BCUT2D eigenvalue weighted by Crippen LogP contribution is -2.03. The number of rotatable bonds is 0. The van der Waals surface area contributed by atoms with Crippen LogP contribution in [0, 0.1) is 6.92 Å². The summed E-state index contributed by atoms with van der Waals surface area (Å²) in [5.74, 6) is 0.994. The van der Waals surface area contributed by atoms with Gasteiger partial charge in [-0.25, -0.2) is 0 Å². The fourth-order valence-corrected chi connectivity index (χ4v) is 2.03. The SMILES string of the molecule is Cc1noc2c1C(Cl)CCC2. The summed E-state index contributed by atoms with van der Waals surface area (Å²) >= 11 is 6.09. The Morgan fingerprint density at radius 1 is 1.64 bits per heavy atom. The van der Waals surface area contributed by atoms with E-state index >= 15 is 0 Å². The van der Waals surface area contributed by atoms with Gasteiger partial charge in [0.1, 0.15) is 5.76 Å². The lowest BCUT2D eigenvalue weighted by atomic mass is 9.96. The van der Waals surface area contributed by atoms with E-state index < -0.39 is 0 Å². The van der Waals surface area contributed by atoms with Gasteiger partial charge in [0.05, 0.1) is 11.1 Å². The maximum absolute atomic E-state index is 6.09. The van der Waals surface area contributed by atoms with Crippen molar-refractivity contribution in [1.29, 1.82) is 0 Å². The van der Waals surface area contributed by atoms with Gasteiger partial charge in [-0.05, 0) is 19.8 Å². The Balaban J connectivity index is 2.48. The van der Waals surface area contributed by atoms with Gasteiger partial charge in [-0.15, -0.1) is 11.6 Å². The van der Waals surface area contributed by atoms with Crippen LogP contribution in [0.5, 0.6) is 0 Å². The quantitative estimate of drug-likeness (QED) is 0.561. The zero-order valence-electron chi connectivity index (χ0n) is 6.43. The molecule has 60 valence electrons. The molecule has 1 aliphatic rings. The molecule has 0 saturated heterocycles. The van der Waals surface area contributed by atoms with Crippen molar-refractivity contribution < 1.29 is 4.52 Å². The topological polar surface area (TPSA) is 26.0 Å². The van der Waals surface area contributed by atoms with Crippen molar-refractivity contribution in [2.75, 3.05) is 0 Å². The van der Waals surface area contributed by atoms with E-state index in [0.29, 0.717) is 0 Å². The van der Waals surface area contributed by atoms with Crippen LogP contribution >= 0.6 is 11.6 Å². The van der Waals surface area contributed by atoms with Crippen molar-refractivity contribution in [2.24, 2.45) is 0 Å². The standard InChI is InChI=1S/C8H10ClNO/c1-5-8-6(9)3-2-4-7(8)11-10-5/h6H,2-4H2,1H3. The average molecular weight is 172 g/mol. The second-order valence-corrected chi connectivity index (χ2v) is 3.49. The molecule has 0 saturated carbocycles. The van der Waals surface area contributed by atoms with Gasteiger partial charge in [0, 0.05) is 12.0 Å². The Kier molecular flexibility index (Phi) is 1.64. The molecule has 2 nitrogen and oxygen atoms in total. The molecular formula is C8H10ClNO. The zero-order chi connectivity index (χ0) is 7.84. The van der Waals surface area contributed by atoms with Gasteiger partial charge in [-0.3, -0.25) is 0 Å². The summed E-state index contributed by atoms with van der Waals surface area (Å²) in [6.07, 6.45) is 3.17. The minimum Gasteiger partial charge on any atom is -0.361 e. The van der Waals surface area contributed by atoms with Crippen LogP contribution in [0.4, 0.5) is 0 Å². The van der Waals surface area contributed by atoms with Crippen LogP contribution in [-0.2, 0) is 6.42 Å². The molecule has 0 amide bonds. The summed E-state index contributed by atoms with van der Waals surface area (Å²) in [5.41, 5.74) is 2.10. The maximum Gasteiger partial charge on any atom is 0.141 e. The van der Waals surface area contributed by atoms with Crippen molar-refractivity contribution in [3.63, 3.8) is 0 Å². The summed E-state index contributed by atoms with van der Waals surface area (Å²) < 4.78 is 5.12. The van der Waals surface area contributed by atoms with Crippen LogP contribution in [0.15, 0.2) is 4.52 Å². The molecule has 0 bridgehead atoms. The van der Waals surface area contributed by atoms with Crippen LogP contribution < -0.4 is 0 Å². The van der Waals surface area contributed by atoms with E-state index in [1.54, 1.807) is 0 Å². The highest BCUT2D eigenvalue weighted by atomic mass is 35.5. The van der Waals surface area contributed by atoms with Crippen LogP contribution in [-0.4, -0.2) is 5.16 Å². The molecule has 11 heavy (non-hydrogen) atoms. The zero-order valence-corrected chi connectivity index (χ0v) is 7.19. The number of nitrogens with zero attached hydrogens (tertiary/aromatic N) is 1. The van der Waals surface area contributed by atoms with Gasteiger partial charge in [0.2, 0.25) is 0 Å². The van der Waals surface area contributed by atoms with Crippen molar-refractivity contribution in [2.45, 2.75) is 31.6 Å². The van der Waals surface area contributed by atoms with Gasteiger partial charge >= 0.3 is 0 Å². The molecule has 0 spiro atoms. The third kappa shape index (κ3) is 1.06. The van der Waals surface area contributed by atoms with E-state index in [4.69, 9.17) is 16.1 Å². The van der Waals surface area contributed by atoms with Crippen molar-refractivity contribution >= 4 is 11.6 Å². The minimum absolute atomic E-state index is 0.130. The second-order valence-electron chi connectivity index (χ2n) is 2.96. The highest BCUT2D eigenvalue weighted by Crippen LogP contribution is 2.36. The molecular weight excluding hydrogens is 162 g/mol. The number of hydrogen-bond acceptors (Lipinski definition) is 2. The Morgan fingerprint density at radius 2 is 2.45 bits per heavy atom. The average Bonchev–Trinajstić information content (AvgIpc) is 2.34. The lowest BCUT2D eigenvalue weighted by Gasteiger charge is -2.14. The Hall–Kier alpha value is -0.500. The van der Waals surface area contributed by atoms with Gasteiger partial charge < -0.3 is 4.52 Å². The first-order valence-corrected chi connectivity index (χ1v) is 4.32. The molecule has 0 radical (unpaired) electrons. The highest BCUT2D eigenvalue weighted by Gasteiger charge is 2.24. The first kappa shape index (κ1) is 7.17. The van der Waals surface area contributed by atoms with Crippen LogP contribution in [0.25, 0.3) is 0 Å². The van der Waals surface area contributed by atoms with E-state index in [0.717, 1.165) is 36.3 Å². The molecule has 0 aromatic carbocycles. The Morgan fingerprint density at radius 3 is 3.18 bits per heavy atom. The van der Waals surface area contributed by atoms with Gasteiger partial charge in [-0.2, -0.15) is 0 Å². The van der Waals surface area contributed by atoms with Crippen molar-refractivity contribution in [3.05, 3.63) is 17.0 Å². The maximum atomic E-state index is 6.09. The molecule has 1 aliphatic carbocycles. The largest absolute Gasteiger partial charge is 0.361 e. The number of halogens is 1. The molecule has 0 aliphatic heterocycles. The first-order chi connectivity index (χ1) is 5.29. The first-order valence-electron chi connectivity index (χ1n) is 3.88. The number of hydrogen-bond donors (Lipinski definition) is 0. The summed E-state index contributed by atoms with van der Waals surface area (Å²) in [5, 5.41) is 4.02. The fourth-order valence-electron chi connectivity index (χ4n) is 1.59. The van der Waals surface area contributed by atoms with Crippen LogP contribution in [0.2, 0.25) is 0 Å². The monoisotopic (exact) mass is 171 g/mol. The summed E-state index contributed by atoms with van der Waals surface area (Å²) in [6, 6.07) is 0. The highest BCUT2D eigenvalue weighted by molar-refractivity contribution is 6.21. The van der Waals surface area contributed by atoms with E-state index in [9.17, 15) is 0 Å². The van der Waals surface area contributed by atoms with E-state index in [2.05, 4.69) is 5.16 Å². The number of alkyl halides is 1. The van der Waals surface area contributed by atoms with Crippen molar-refractivity contribution in [3.8, 4) is 0 Å². The van der Waals surface area contributed by atoms with Crippen LogP contribution in [0.3, 0.4) is 0 Å². The third-order valence-electron chi connectivity index (χ3n) is 2.16. The van der Waals surface area contributed by atoms with E-state index in [1.807, 2.05) is 6.92 Å². The Labute approximate surface area is 70.5 Å². The van der Waals surface area contributed by atoms with E-state index in [-0.39, 0.29) is 5.38 Å². The summed E-state index contributed by atoms with van der Waals surface area (Å²) in [7, 11) is 0. The predicted octanol–water partition coefficient (Wildman–Crippen LogP) is 2.60. The lowest BCUT2D eigenvalue weighted by molar-refractivity contribution is 0.369. The molecule has 3 heteroatoms. The van der Waals surface area contributed by atoms with Crippen molar-refractivity contribution in [1.82, 2.24) is 5.16 Å². The third-order valence-corrected chi connectivity index (χ3v) is 2.59. The smallest absolute Gasteiger partial charge is 0.141 e. The minimum atomic E-state index is 0.130. The molecule has 0 N–H and O–H groups in total. The predicted molar refractivity (Wildman–Crippen MR) is 42.8 cm³/mol. The molecule has 0 fully saturated rings. The molecule has 1 atom stereocenters. The molecule has 2 rings (SSSR count). The summed E-state index contributed by atoms with van der Waals surface area (Å²) in [4.78, 5) is 0. The van der Waals surface area contributed by atoms with E-state index in [1.165, 1.54) is 0 Å². The van der Waals surface area contributed by atoms with Gasteiger partial charge in [0.25, 0.3) is 0 Å². The molecule has 1 aromatic rings. The second kappa shape index (κ2) is 2.52. The normalized spacial score (nSPS) is 23.3. The molecule has 1 unspecified atom stereocenters. The number of aromatic nitrogens is 1. The number of fused-ring (bicyclic) bond motifs is 1. The number of aryl methyl sites for hydroxylation is 2. The molecule has 1 heterocycles. The van der Waals surface area contributed by atoms with Gasteiger partial charge in [-0.1, -0.05) is 5.16 Å². The molecule has 1 aromatic heterocycles. The fraction of sp³-hybridized carbons (Fsp3) is 0.625. The van der Waals surface area contributed by atoms with Gasteiger partial charge in [0.15, 0.2) is 0 Å².